The molecule has 0 aliphatic carbocycles. The number of hydroxylamine groups is 3. The fourth-order valence-corrected chi connectivity index (χ4v) is 2.47. The topological polar surface area (TPSA) is 26.3 Å². The van der Waals surface area contributed by atoms with E-state index in [-0.39, 0.29) is 5.97 Å². The van der Waals surface area contributed by atoms with Crippen LogP contribution in [0, 0.1) is 0 Å². The number of carbonyl (C=O) groups is 1. The van der Waals surface area contributed by atoms with Crippen LogP contribution in [-0.2, 0) is 22.6 Å². The number of aryl methyl sites for hydroxylation is 1. The molecule has 0 aliphatic heterocycles. The maximum atomic E-state index is 11.6. The fourth-order valence-electron chi connectivity index (χ4n) is 2.47. The van der Waals surface area contributed by atoms with Gasteiger partial charge in [-0.15, -0.1) is 4.65 Å². The molecule has 0 N–H and O–H groups in total. The summed E-state index contributed by atoms with van der Waals surface area (Å²) in [6, 6.07) is 8.46. The molecule has 0 saturated heterocycles. The zero-order chi connectivity index (χ0) is 15.7. The summed E-state index contributed by atoms with van der Waals surface area (Å²) in [7, 11) is 0. The number of carbonyl (C=O) groups excluding carboxylic acids is 1. The van der Waals surface area contributed by atoms with Crippen LogP contribution in [0.4, 0.5) is 0 Å². The molecule has 0 amide bonds. The van der Waals surface area contributed by atoms with Crippen LogP contribution in [-0.4, -0.2) is 23.7 Å². The molecule has 0 aromatic heterocycles. The van der Waals surface area contributed by atoms with Gasteiger partial charge in [-0.3, -0.25) is 4.84 Å². The Morgan fingerprint density at radius 2 is 1.81 bits per heavy atom. The number of rotatable bonds is 9. The van der Waals surface area contributed by atoms with E-state index >= 15 is 0 Å². The van der Waals surface area contributed by atoms with E-state index in [1.165, 1.54) is 30.0 Å². The van der Waals surface area contributed by atoms with Crippen molar-refractivity contribution in [2.24, 2.45) is 0 Å². The minimum atomic E-state index is -0.357. The van der Waals surface area contributed by atoms with Crippen molar-refractivity contribution in [3.63, 3.8) is 0 Å². The quantitative estimate of drug-likeness (QED) is 0.390. The second-order valence-electron chi connectivity index (χ2n) is 5.34. The molecule has 3 heteroatoms. The highest BCUT2D eigenvalue weighted by molar-refractivity contribution is 5.80. The Kier molecular flexibility index (Phi) is 7.17. The Morgan fingerprint density at radius 1 is 1.19 bits per heavy atom. The van der Waals surface area contributed by atoms with Crippen molar-refractivity contribution in [2.45, 2.75) is 46.6 Å². The molecule has 0 fully saturated rings. The van der Waals surface area contributed by atoms with Crippen molar-refractivity contribution in [2.75, 3.05) is 13.1 Å². The highest BCUT2D eigenvalue weighted by atomic mass is 16.7. The minimum Gasteiger partial charge on any atom is -0.272 e. The van der Waals surface area contributed by atoms with Gasteiger partial charge in [-0.1, -0.05) is 44.2 Å². The zero-order valence-corrected chi connectivity index (χ0v) is 13.6. The molecular formula is C18H28NO2+. The van der Waals surface area contributed by atoms with E-state index in [1.807, 2.05) is 0 Å². The molecule has 0 bridgehead atoms. The molecule has 116 valence electrons. The molecule has 1 aromatic carbocycles. The number of hydrogen-bond acceptors (Lipinski definition) is 2. The summed E-state index contributed by atoms with van der Waals surface area (Å²) in [5.74, 6) is -0.357. The maximum Gasteiger partial charge on any atom is 0.389 e. The van der Waals surface area contributed by atoms with Gasteiger partial charge >= 0.3 is 5.97 Å². The van der Waals surface area contributed by atoms with Gasteiger partial charge in [-0.05, 0) is 32.3 Å². The van der Waals surface area contributed by atoms with E-state index in [0.717, 1.165) is 19.5 Å². The van der Waals surface area contributed by atoms with Crippen LogP contribution >= 0.6 is 0 Å². The lowest BCUT2D eigenvalue weighted by molar-refractivity contribution is -1.10. The SMILES string of the molecule is C=CC(=O)O[N+](CC)(CC)Cc1ccccc1CCCC. The Morgan fingerprint density at radius 3 is 2.33 bits per heavy atom. The van der Waals surface area contributed by atoms with Crippen molar-refractivity contribution in [3.05, 3.63) is 48.0 Å². The van der Waals surface area contributed by atoms with Gasteiger partial charge in [0.1, 0.15) is 19.6 Å². The first-order valence-electron chi connectivity index (χ1n) is 7.89. The summed E-state index contributed by atoms with van der Waals surface area (Å²) >= 11 is 0. The molecule has 0 atom stereocenters. The maximum absolute atomic E-state index is 11.6. The molecule has 1 rings (SSSR count). The number of quaternary nitrogens is 1. The molecule has 0 spiro atoms. The van der Waals surface area contributed by atoms with Crippen LogP contribution in [0.25, 0.3) is 0 Å². The predicted molar refractivity (Wildman–Crippen MR) is 86.4 cm³/mol. The van der Waals surface area contributed by atoms with Crippen LogP contribution in [0.1, 0.15) is 44.7 Å². The summed E-state index contributed by atoms with van der Waals surface area (Å²) in [6.07, 6.45) is 4.68. The monoisotopic (exact) mass is 290 g/mol. The van der Waals surface area contributed by atoms with Gasteiger partial charge < -0.3 is 0 Å². The summed E-state index contributed by atoms with van der Waals surface area (Å²) in [5, 5.41) is 0. The minimum absolute atomic E-state index is 0.313. The van der Waals surface area contributed by atoms with Crippen molar-refractivity contribution >= 4 is 5.97 Å². The molecule has 0 unspecified atom stereocenters. The molecular weight excluding hydrogens is 262 g/mol. The Balaban J connectivity index is 2.97. The highest BCUT2D eigenvalue weighted by Gasteiger charge is 2.30. The second kappa shape index (κ2) is 8.63. The first-order chi connectivity index (χ1) is 10.1. The van der Waals surface area contributed by atoms with Crippen LogP contribution < -0.4 is 0 Å². The van der Waals surface area contributed by atoms with E-state index in [1.54, 1.807) is 0 Å². The third-order valence-corrected chi connectivity index (χ3v) is 3.98. The van der Waals surface area contributed by atoms with Gasteiger partial charge in [0.25, 0.3) is 0 Å². The lowest BCUT2D eigenvalue weighted by Crippen LogP contribution is -2.48. The number of benzene rings is 1. The van der Waals surface area contributed by atoms with E-state index in [2.05, 4.69) is 51.6 Å². The second-order valence-corrected chi connectivity index (χ2v) is 5.34. The molecule has 0 heterocycles. The zero-order valence-electron chi connectivity index (χ0n) is 13.6. The molecule has 3 nitrogen and oxygen atoms in total. The fraction of sp³-hybridized carbons (Fsp3) is 0.500. The molecule has 0 saturated carbocycles. The molecule has 0 radical (unpaired) electrons. The molecule has 1 aromatic rings. The van der Waals surface area contributed by atoms with E-state index in [9.17, 15) is 4.79 Å². The number of hydrogen-bond donors (Lipinski definition) is 0. The smallest absolute Gasteiger partial charge is 0.272 e. The summed E-state index contributed by atoms with van der Waals surface area (Å²) in [6.45, 7) is 12.0. The van der Waals surface area contributed by atoms with Crippen molar-refractivity contribution in [1.29, 1.82) is 0 Å². The summed E-state index contributed by atoms with van der Waals surface area (Å²) in [5.41, 5.74) is 2.63. The van der Waals surface area contributed by atoms with Gasteiger partial charge in [-0.2, -0.15) is 0 Å². The molecule has 0 aliphatic rings. The van der Waals surface area contributed by atoms with Crippen molar-refractivity contribution in [1.82, 2.24) is 0 Å². The van der Waals surface area contributed by atoms with Crippen LogP contribution in [0.3, 0.4) is 0 Å². The third-order valence-electron chi connectivity index (χ3n) is 3.98. The van der Waals surface area contributed by atoms with Crippen molar-refractivity contribution < 1.29 is 14.3 Å². The van der Waals surface area contributed by atoms with Crippen LogP contribution in [0.2, 0.25) is 0 Å². The van der Waals surface area contributed by atoms with Gasteiger partial charge in [0.05, 0.1) is 0 Å². The predicted octanol–water partition coefficient (Wildman–Crippen LogP) is 4.03. The number of nitrogens with zero attached hydrogens (tertiary/aromatic N) is 1. The van der Waals surface area contributed by atoms with Gasteiger partial charge in [0, 0.05) is 11.6 Å². The summed E-state index contributed by atoms with van der Waals surface area (Å²) in [4.78, 5) is 17.3. The molecule has 21 heavy (non-hydrogen) atoms. The number of unbranched alkanes of at least 4 members (excludes halogenated alkanes) is 1. The van der Waals surface area contributed by atoms with Crippen molar-refractivity contribution in [3.8, 4) is 0 Å². The summed E-state index contributed by atoms with van der Waals surface area (Å²) < 4.78 is 0.313. The third kappa shape index (κ3) is 5.01. The largest absolute Gasteiger partial charge is 0.389 e. The lowest BCUT2D eigenvalue weighted by Gasteiger charge is -2.32. The van der Waals surface area contributed by atoms with Gasteiger partial charge in [0.2, 0.25) is 0 Å². The van der Waals surface area contributed by atoms with E-state index in [0.29, 0.717) is 11.2 Å². The van der Waals surface area contributed by atoms with Crippen LogP contribution in [0.5, 0.6) is 0 Å². The standard InChI is InChI=1S/C18H28NO2/c1-5-9-12-16-13-10-11-14-17(16)15-19(7-3,8-4)21-18(20)6-2/h6,10-11,13-14H,2,5,7-9,12,15H2,1,3-4H3/q+1. The van der Waals surface area contributed by atoms with Gasteiger partial charge in [-0.25, -0.2) is 4.79 Å². The first kappa shape index (κ1) is 17.4. The van der Waals surface area contributed by atoms with Crippen LogP contribution in [0.15, 0.2) is 36.9 Å². The average molecular weight is 290 g/mol. The van der Waals surface area contributed by atoms with E-state index < -0.39 is 0 Å². The van der Waals surface area contributed by atoms with Gasteiger partial charge in [0.15, 0.2) is 0 Å². The average Bonchev–Trinajstić information content (AvgIpc) is 2.53. The first-order valence-corrected chi connectivity index (χ1v) is 7.89. The Labute approximate surface area is 128 Å². The highest BCUT2D eigenvalue weighted by Crippen LogP contribution is 2.20. The normalized spacial score (nSPS) is 11.2. The Hall–Kier alpha value is -1.61. The Bertz CT molecular complexity index is 464. The van der Waals surface area contributed by atoms with E-state index in [4.69, 9.17) is 4.84 Å². The lowest BCUT2D eigenvalue weighted by atomic mass is 10.0.